The molecule has 1 N–H and O–H groups in total. The van der Waals surface area contributed by atoms with Crippen LogP contribution in [0.4, 0.5) is 10.9 Å². The lowest BCUT2D eigenvalue weighted by Gasteiger charge is -2.04. The average molecular weight is 336 g/mol. The summed E-state index contributed by atoms with van der Waals surface area (Å²) in [5.74, 6) is 0.717. The summed E-state index contributed by atoms with van der Waals surface area (Å²) >= 11 is 1.56. The number of thiazole rings is 1. The Bertz CT molecular complexity index is 1030. The first-order valence-corrected chi connectivity index (χ1v) is 8.42. The molecule has 0 radical (unpaired) electrons. The molecule has 0 saturated carbocycles. The lowest BCUT2D eigenvalue weighted by Crippen LogP contribution is -1.97. The van der Waals surface area contributed by atoms with Crippen LogP contribution in [0.25, 0.3) is 22.3 Å². The summed E-state index contributed by atoms with van der Waals surface area (Å²) in [4.78, 5) is 13.3. The molecular weight excluding hydrogens is 320 g/mol. The quantitative estimate of drug-likeness (QED) is 0.615. The fourth-order valence-electron chi connectivity index (χ4n) is 2.72. The highest BCUT2D eigenvalue weighted by atomic mass is 32.1. The standard InChI is InChI=1S/C17H16N6S/c1-10-4-5-12(11(2)6-10)14-8-24-17(21-14)22-15-13-7-20-23(3)16(13)19-9-18-15/h4-9H,1-3H3,(H,18,19,21,22). The lowest BCUT2D eigenvalue weighted by molar-refractivity contribution is 0.785. The molecule has 0 bridgehead atoms. The molecule has 120 valence electrons. The Kier molecular flexibility index (Phi) is 3.50. The van der Waals surface area contributed by atoms with Gasteiger partial charge in [-0.2, -0.15) is 5.10 Å². The van der Waals surface area contributed by atoms with Crippen LogP contribution < -0.4 is 5.32 Å². The maximum Gasteiger partial charge on any atom is 0.188 e. The topological polar surface area (TPSA) is 68.5 Å². The van der Waals surface area contributed by atoms with Crippen molar-refractivity contribution < 1.29 is 0 Å². The molecule has 3 heterocycles. The molecule has 0 atom stereocenters. The molecular formula is C17H16N6S. The number of nitrogens with zero attached hydrogens (tertiary/aromatic N) is 5. The Balaban J connectivity index is 1.68. The van der Waals surface area contributed by atoms with Crippen molar-refractivity contribution in [1.29, 1.82) is 0 Å². The van der Waals surface area contributed by atoms with E-state index in [2.05, 4.69) is 57.8 Å². The number of hydrogen-bond acceptors (Lipinski definition) is 6. The average Bonchev–Trinajstić information content (AvgIpc) is 3.16. The number of hydrogen-bond donors (Lipinski definition) is 1. The van der Waals surface area contributed by atoms with Crippen molar-refractivity contribution in [2.75, 3.05) is 5.32 Å². The van der Waals surface area contributed by atoms with Crippen molar-refractivity contribution in [3.05, 3.63) is 47.2 Å². The van der Waals surface area contributed by atoms with Crippen molar-refractivity contribution >= 4 is 33.3 Å². The minimum atomic E-state index is 0.717. The number of anilines is 2. The van der Waals surface area contributed by atoms with E-state index in [9.17, 15) is 0 Å². The molecule has 0 aliphatic heterocycles. The molecule has 1 aromatic carbocycles. The van der Waals surface area contributed by atoms with Crippen molar-refractivity contribution in [1.82, 2.24) is 24.7 Å². The monoisotopic (exact) mass is 336 g/mol. The van der Waals surface area contributed by atoms with Gasteiger partial charge in [0.2, 0.25) is 0 Å². The lowest BCUT2D eigenvalue weighted by atomic mass is 10.0. The second-order valence-corrected chi connectivity index (χ2v) is 6.57. The van der Waals surface area contributed by atoms with Crippen LogP contribution >= 0.6 is 11.3 Å². The number of nitrogens with one attached hydrogen (secondary N) is 1. The summed E-state index contributed by atoms with van der Waals surface area (Å²) in [6.45, 7) is 4.21. The van der Waals surface area contributed by atoms with E-state index >= 15 is 0 Å². The third-order valence-electron chi connectivity index (χ3n) is 3.92. The van der Waals surface area contributed by atoms with Crippen molar-refractivity contribution in [3.8, 4) is 11.3 Å². The zero-order valence-corrected chi connectivity index (χ0v) is 14.4. The van der Waals surface area contributed by atoms with Gasteiger partial charge in [-0.15, -0.1) is 11.3 Å². The molecule has 0 aliphatic carbocycles. The van der Waals surface area contributed by atoms with Crippen LogP contribution in [0.3, 0.4) is 0 Å². The Morgan fingerprint density at radius 2 is 2.04 bits per heavy atom. The van der Waals surface area contributed by atoms with Gasteiger partial charge in [0.15, 0.2) is 10.8 Å². The maximum atomic E-state index is 4.70. The molecule has 3 aromatic heterocycles. The van der Waals surface area contributed by atoms with Crippen molar-refractivity contribution in [2.24, 2.45) is 7.05 Å². The number of aryl methyl sites for hydroxylation is 3. The SMILES string of the molecule is Cc1ccc(-c2csc(Nc3ncnc4c3cnn4C)n2)c(C)c1. The third kappa shape index (κ3) is 2.52. The normalized spacial score (nSPS) is 11.1. The van der Waals surface area contributed by atoms with Gasteiger partial charge in [0.25, 0.3) is 0 Å². The van der Waals surface area contributed by atoms with E-state index < -0.39 is 0 Å². The van der Waals surface area contributed by atoms with E-state index in [1.165, 1.54) is 17.5 Å². The van der Waals surface area contributed by atoms with E-state index in [1.54, 1.807) is 22.2 Å². The predicted octanol–water partition coefficient (Wildman–Crippen LogP) is 3.85. The molecule has 0 unspecified atom stereocenters. The maximum absolute atomic E-state index is 4.70. The predicted molar refractivity (Wildman–Crippen MR) is 96.6 cm³/mol. The third-order valence-corrected chi connectivity index (χ3v) is 4.67. The molecule has 6 nitrogen and oxygen atoms in total. The van der Waals surface area contributed by atoms with E-state index in [1.807, 2.05) is 7.05 Å². The first-order chi connectivity index (χ1) is 11.6. The number of aromatic nitrogens is 5. The van der Waals surface area contributed by atoms with Crippen LogP contribution in [0.2, 0.25) is 0 Å². The van der Waals surface area contributed by atoms with Gasteiger partial charge in [-0.1, -0.05) is 23.8 Å². The van der Waals surface area contributed by atoms with Gasteiger partial charge in [-0.3, -0.25) is 4.68 Å². The largest absolute Gasteiger partial charge is 0.315 e. The first-order valence-electron chi connectivity index (χ1n) is 7.55. The van der Waals surface area contributed by atoms with Gasteiger partial charge in [-0.05, 0) is 19.4 Å². The molecule has 24 heavy (non-hydrogen) atoms. The van der Waals surface area contributed by atoms with Crippen LogP contribution in [0.5, 0.6) is 0 Å². The fourth-order valence-corrected chi connectivity index (χ4v) is 3.43. The summed E-state index contributed by atoms with van der Waals surface area (Å²) in [6, 6.07) is 6.40. The fraction of sp³-hybridized carbons (Fsp3) is 0.176. The van der Waals surface area contributed by atoms with Crippen LogP contribution in [0.15, 0.2) is 36.1 Å². The van der Waals surface area contributed by atoms with E-state index in [0.717, 1.165) is 33.2 Å². The second-order valence-electron chi connectivity index (χ2n) is 5.71. The molecule has 0 fully saturated rings. The van der Waals surface area contributed by atoms with Crippen molar-refractivity contribution in [2.45, 2.75) is 13.8 Å². The Hall–Kier alpha value is -2.80. The Morgan fingerprint density at radius 1 is 1.17 bits per heavy atom. The van der Waals surface area contributed by atoms with Crippen molar-refractivity contribution in [3.63, 3.8) is 0 Å². The Morgan fingerprint density at radius 3 is 2.88 bits per heavy atom. The molecule has 7 heteroatoms. The molecule has 0 saturated heterocycles. The van der Waals surface area contributed by atoms with Gasteiger partial charge >= 0.3 is 0 Å². The van der Waals surface area contributed by atoms with Crippen LogP contribution in [0, 0.1) is 13.8 Å². The summed E-state index contributed by atoms with van der Waals surface area (Å²) in [6.07, 6.45) is 3.29. The minimum absolute atomic E-state index is 0.717. The van der Waals surface area contributed by atoms with Gasteiger partial charge in [0, 0.05) is 18.0 Å². The van der Waals surface area contributed by atoms with E-state index in [4.69, 9.17) is 4.98 Å². The summed E-state index contributed by atoms with van der Waals surface area (Å²) in [7, 11) is 1.86. The van der Waals surface area contributed by atoms with Crippen LogP contribution in [-0.2, 0) is 7.05 Å². The summed E-state index contributed by atoms with van der Waals surface area (Å²) < 4.78 is 1.73. The first kappa shape index (κ1) is 14.8. The molecule has 0 aliphatic rings. The molecule has 4 aromatic rings. The second kappa shape index (κ2) is 5.68. The number of rotatable bonds is 3. The highest BCUT2D eigenvalue weighted by Crippen LogP contribution is 2.30. The smallest absolute Gasteiger partial charge is 0.188 e. The zero-order valence-electron chi connectivity index (χ0n) is 13.6. The van der Waals surface area contributed by atoms with Gasteiger partial charge in [0.1, 0.15) is 12.1 Å². The van der Waals surface area contributed by atoms with Gasteiger partial charge in [0.05, 0.1) is 17.3 Å². The van der Waals surface area contributed by atoms with Crippen LogP contribution in [0.1, 0.15) is 11.1 Å². The van der Waals surface area contributed by atoms with Gasteiger partial charge in [-0.25, -0.2) is 15.0 Å². The zero-order chi connectivity index (χ0) is 16.7. The van der Waals surface area contributed by atoms with Crippen LogP contribution in [-0.4, -0.2) is 24.7 Å². The molecule has 0 amide bonds. The van der Waals surface area contributed by atoms with E-state index in [0.29, 0.717) is 0 Å². The number of fused-ring (bicyclic) bond motifs is 1. The highest BCUT2D eigenvalue weighted by Gasteiger charge is 2.11. The highest BCUT2D eigenvalue weighted by molar-refractivity contribution is 7.14. The van der Waals surface area contributed by atoms with Gasteiger partial charge < -0.3 is 5.32 Å². The minimum Gasteiger partial charge on any atom is -0.315 e. The molecule has 0 spiro atoms. The summed E-state index contributed by atoms with van der Waals surface area (Å²) in [5, 5.41) is 11.2. The molecule has 4 rings (SSSR count). The number of benzene rings is 1. The Labute approximate surface area is 143 Å². The van der Waals surface area contributed by atoms with E-state index in [-0.39, 0.29) is 0 Å². The summed E-state index contributed by atoms with van der Waals surface area (Å²) in [5.41, 5.74) is 5.39.